The first kappa shape index (κ1) is 23.5. The lowest BCUT2D eigenvalue weighted by Gasteiger charge is -2.12. The summed E-state index contributed by atoms with van der Waals surface area (Å²) >= 11 is 3.43. The smallest absolute Gasteiger partial charge is 0.244 e. The maximum absolute atomic E-state index is 12.2. The van der Waals surface area contributed by atoms with Crippen LogP contribution in [0, 0.1) is 13.8 Å². The molecule has 6 heteroatoms. The Balaban J connectivity index is 1.60. The standard InChI is InChI=1S/C26H27BrN2O3/c1-4-31-25-14-21(8-12-24(25)32-17-20-6-10-23(27)11-7-20)16-28-29-26(30)15-22-9-5-18(2)13-19(22)3/h5-14,16H,4,15,17H2,1-3H3,(H,29,30)/b28-16-. The summed E-state index contributed by atoms with van der Waals surface area (Å²) in [5.41, 5.74) is 7.73. The van der Waals surface area contributed by atoms with Gasteiger partial charge >= 0.3 is 0 Å². The summed E-state index contributed by atoms with van der Waals surface area (Å²) in [7, 11) is 0. The zero-order valence-corrected chi connectivity index (χ0v) is 20.1. The average Bonchev–Trinajstić information content (AvgIpc) is 2.76. The van der Waals surface area contributed by atoms with Gasteiger partial charge in [0.25, 0.3) is 0 Å². The Morgan fingerprint density at radius 3 is 2.50 bits per heavy atom. The summed E-state index contributed by atoms with van der Waals surface area (Å²) in [4.78, 5) is 12.2. The van der Waals surface area contributed by atoms with Crippen molar-refractivity contribution in [3.05, 3.63) is 93.0 Å². The number of hydrogen-bond acceptors (Lipinski definition) is 4. The number of amides is 1. The Bertz CT molecular complexity index is 1090. The number of halogens is 1. The molecule has 0 atom stereocenters. The molecular weight excluding hydrogens is 468 g/mol. The fourth-order valence-electron chi connectivity index (χ4n) is 3.17. The van der Waals surface area contributed by atoms with Gasteiger partial charge in [0.2, 0.25) is 5.91 Å². The Kier molecular flexibility index (Phi) is 8.45. The predicted molar refractivity (Wildman–Crippen MR) is 131 cm³/mol. The van der Waals surface area contributed by atoms with Gasteiger partial charge in [-0.1, -0.05) is 51.8 Å². The SMILES string of the molecule is CCOc1cc(/C=N\NC(=O)Cc2ccc(C)cc2C)ccc1OCc1ccc(Br)cc1. The number of hydrazone groups is 1. The molecule has 0 aliphatic carbocycles. The molecule has 0 radical (unpaired) electrons. The van der Waals surface area contributed by atoms with Crippen LogP contribution in [0.25, 0.3) is 0 Å². The number of carbonyl (C=O) groups is 1. The van der Waals surface area contributed by atoms with E-state index in [-0.39, 0.29) is 12.3 Å². The molecule has 0 spiro atoms. The zero-order valence-electron chi connectivity index (χ0n) is 18.5. The monoisotopic (exact) mass is 494 g/mol. The van der Waals surface area contributed by atoms with Gasteiger partial charge in [-0.3, -0.25) is 4.79 Å². The molecule has 0 aliphatic heterocycles. The van der Waals surface area contributed by atoms with E-state index in [0.717, 1.165) is 26.7 Å². The summed E-state index contributed by atoms with van der Waals surface area (Å²) in [6, 6.07) is 19.6. The Labute approximate surface area is 197 Å². The number of carbonyl (C=O) groups excluding carboxylic acids is 1. The third kappa shape index (κ3) is 6.95. The highest BCUT2D eigenvalue weighted by Gasteiger charge is 2.08. The molecule has 0 aromatic heterocycles. The number of nitrogens with zero attached hydrogens (tertiary/aromatic N) is 1. The highest BCUT2D eigenvalue weighted by Crippen LogP contribution is 2.29. The third-order valence-corrected chi connectivity index (χ3v) is 5.36. The van der Waals surface area contributed by atoms with Crippen molar-refractivity contribution in [1.29, 1.82) is 0 Å². The van der Waals surface area contributed by atoms with Crippen LogP contribution in [0.3, 0.4) is 0 Å². The molecule has 1 amide bonds. The molecule has 0 fully saturated rings. The van der Waals surface area contributed by atoms with Crippen molar-refractivity contribution >= 4 is 28.1 Å². The Morgan fingerprint density at radius 2 is 1.78 bits per heavy atom. The minimum absolute atomic E-state index is 0.160. The molecule has 5 nitrogen and oxygen atoms in total. The molecule has 32 heavy (non-hydrogen) atoms. The van der Waals surface area contributed by atoms with Crippen LogP contribution in [0.4, 0.5) is 0 Å². The minimum Gasteiger partial charge on any atom is -0.490 e. The summed E-state index contributed by atoms with van der Waals surface area (Å²) in [6.45, 7) is 6.92. The second-order valence-electron chi connectivity index (χ2n) is 7.45. The number of hydrogen-bond donors (Lipinski definition) is 1. The van der Waals surface area contributed by atoms with E-state index in [1.165, 1.54) is 5.56 Å². The number of rotatable bonds is 9. The van der Waals surface area contributed by atoms with Gasteiger partial charge in [0.1, 0.15) is 6.61 Å². The fraction of sp³-hybridized carbons (Fsp3) is 0.231. The van der Waals surface area contributed by atoms with Crippen molar-refractivity contribution in [3.63, 3.8) is 0 Å². The summed E-state index contributed by atoms with van der Waals surface area (Å²) in [5, 5.41) is 4.09. The quantitative estimate of drug-likeness (QED) is 0.305. The second-order valence-corrected chi connectivity index (χ2v) is 8.37. The van der Waals surface area contributed by atoms with E-state index in [1.54, 1.807) is 6.21 Å². The van der Waals surface area contributed by atoms with Crippen LogP contribution in [0.2, 0.25) is 0 Å². The van der Waals surface area contributed by atoms with Gasteiger partial charge in [-0.05, 0) is 73.4 Å². The van der Waals surface area contributed by atoms with Crippen LogP contribution in [0.1, 0.15) is 34.7 Å². The second kappa shape index (κ2) is 11.5. The number of nitrogens with one attached hydrogen (secondary N) is 1. The van der Waals surface area contributed by atoms with Crippen LogP contribution in [0.5, 0.6) is 11.5 Å². The molecule has 3 rings (SSSR count). The van der Waals surface area contributed by atoms with Crippen molar-refractivity contribution in [2.45, 2.75) is 33.8 Å². The summed E-state index contributed by atoms with van der Waals surface area (Å²) in [6.07, 6.45) is 1.89. The molecule has 3 aromatic rings. The lowest BCUT2D eigenvalue weighted by molar-refractivity contribution is -0.120. The molecular formula is C26H27BrN2O3. The third-order valence-electron chi connectivity index (χ3n) is 4.83. The maximum Gasteiger partial charge on any atom is 0.244 e. The first-order valence-electron chi connectivity index (χ1n) is 10.5. The Morgan fingerprint density at radius 1 is 1.00 bits per heavy atom. The van der Waals surface area contributed by atoms with E-state index in [1.807, 2.05) is 75.4 Å². The van der Waals surface area contributed by atoms with Crippen LogP contribution in [-0.4, -0.2) is 18.7 Å². The van der Waals surface area contributed by atoms with E-state index in [0.29, 0.717) is 24.7 Å². The van der Waals surface area contributed by atoms with E-state index >= 15 is 0 Å². The molecule has 1 N–H and O–H groups in total. The number of ether oxygens (including phenoxy) is 2. The summed E-state index contributed by atoms with van der Waals surface area (Å²) in [5.74, 6) is 1.13. The molecule has 0 bridgehead atoms. The maximum atomic E-state index is 12.2. The van der Waals surface area contributed by atoms with E-state index in [2.05, 4.69) is 32.5 Å². The molecule has 166 valence electrons. The van der Waals surface area contributed by atoms with Gasteiger partial charge < -0.3 is 9.47 Å². The van der Waals surface area contributed by atoms with Gasteiger partial charge in [0, 0.05) is 4.47 Å². The van der Waals surface area contributed by atoms with Crippen LogP contribution < -0.4 is 14.9 Å². The van der Waals surface area contributed by atoms with E-state index in [9.17, 15) is 4.79 Å². The van der Waals surface area contributed by atoms with Gasteiger partial charge in [-0.25, -0.2) is 5.43 Å². The van der Waals surface area contributed by atoms with Crippen LogP contribution in [0.15, 0.2) is 70.2 Å². The highest BCUT2D eigenvalue weighted by atomic mass is 79.9. The van der Waals surface area contributed by atoms with Gasteiger partial charge in [-0.2, -0.15) is 5.10 Å². The first-order valence-corrected chi connectivity index (χ1v) is 11.3. The lowest BCUT2D eigenvalue weighted by atomic mass is 10.0. The lowest BCUT2D eigenvalue weighted by Crippen LogP contribution is -2.20. The van der Waals surface area contributed by atoms with Crippen LogP contribution in [-0.2, 0) is 17.8 Å². The molecule has 0 saturated heterocycles. The van der Waals surface area contributed by atoms with Gasteiger partial charge in [-0.15, -0.1) is 0 Å². The van der Waals surface area contributed by atoms with Gasteiger partial charge in [0.05, 0.1) is 19.2 Å². The largest absolute Gasteiger partial charge is 0.490 e. The molecule has 3 aromatic carbocycles. The van der Waals surface area contributed by atoms with Crippen molar-refractivity contribution < 1.29 is 14.3 Å². The van der Waals surface area contributed by atoms with E-state index in [4.69, 9.17) is 9.47 Å². The molecule has 0 aliphatic rings. The molecule has 0 saturated carbocycles. The Hall–Kier alpha value is -3.12. The van der Waals surface area contributed by atoms with Crippen molar-refractivity contribution in [2.24, 2.45) is 5.10 Å². The fourth-order valence-corrected chi connectivity index (χ4v) is 3.43. The summed E-state index contributed by atoms with van der Waals surface area (Å²) < 4.78 is 12.7. The van der Waals surface area contributed by atoms with Crippen molar-refractivity contribution in [3.8, 4) is 11.5 Å². The van der Waals surface area contributed by atoms with Crippen LogP contribution >= 0.6 is 15.9 Å². The number of benzene rings is 3. The number of aryl methyl sites for hydroxylation is 2. The predicted octanol–water partition coefficient (Wildman–Crippen LogP) is 5.74. The van der Waals surface area contributed by atoms with Gasteiger partial charge in [0.15, 0.2) is 11.5 Å². The normalized spacial score (nSPS) is 10.9. The first-order chi connectivity index (χ1) is 15.4. The minimum atomic E-state index is -0.160. The molecule has 0 heterocycles. The molecule has 0 unspecified atom stereocenters. The highest BCUT2D eigenvalue weighted by molar-refractivity contribution is 9.10. The van der Waals surface area contributed by atoms with Crippen molar-refractivity contribution in [1.82, 2.24) is 5.43 Å². The van der Waals surface area contributed by atoms with Crippen molar-refractivity contribution in [2.75, 3.05) is 6.61 Å². The topological polar surface area (TPSA) is 59.9 Å². The van der Waals surface area contributed by atoms with E-state index < -0.39 is 0 Å². The zero-order chi connectivity index (χ0) is 22.9. The average molecular weight is 495 g/mol.